The predicted octanol–water partition coefficient (Wildman–Crippen LogP) is 4.54. The largest absolute Gasteiger partial charge is 0.384 e. The number of nitrogens with two attached hydrogens (primary N) is 1. The number of pyridine rings is 2. The number of aryl methyl sites for hydroxylation is 1. The van der Waals surface area contributed by atoms with Gasteiger partial charge in [-0.15, -0.1) is 0 Å². The van der Waals surface area contributed by atoms with Gasteiger partial charge in [0.15, 0.2) is 0 Å². The maximum atomic E-state index is 5.99. The van der Waals surface area contributed by atoms with Crippen molar-refractivity contribution in [3.8, 4) is 28.2 Å². The van der Waals surface area contributed by atoms with E-state index in [-0.39, 0.29) is 0 Å². The number of nitrogens with zero attached hydrogens (tertiary/aromatic N) is 4. The fourth-order valence-corrected chi connectivity index (χ4v) is 2.87. The van der Waals surface area contributed by atoms with Gasteiger partial charge >= 0.3 is 0 Å². The van der Waals surface area contributed by atoms with Crippen LogP contribution in [-0.2, 0) is 0 Å². The van der Waals surface area contributed by atoms with Crippen molar-refractivity contribution in [1.29, 1.82) is 0 Å². The summed E-state index contributed by atoms with van der Waals surface area (Å²) in [6.45, 7) is 1.98. The number of benzene rings is 1. The van der Waals surface area contributed by atoms with Gasteiger partial charge < -0.3 is 5.73 Å². The molecule has 0 unspecified atom stereocenters. The second-order valence-corrected chi connectivity index (χ2v) is 6.44. The van der Waals surface area contributed by atoms with E-state index in [2.05, 4.69) is 21.0 Å². The summed E-state index contributed by atoms with van der Waals surface area (Å²) < 4.78 is 1.90. The molecule has 0 aliphatic rings. The van der Waals surface area contributed by atoms with Crippen LogP contribution < -0.4 is 5.73 Å². The lowest BCUT2D eigenvalue weighted by Gasteiger charge is -2.08. The van der Waals surface area contributed by atoms with Gasteiger partial charge in [0.05, 0.1) is 5.69 Å². The Morgan fingerprint density at radius 3 is 2.42 bits per heavy atom. The molecule has 0 bridgehead atoms. The zero-order valence-electron chi connectivity index (χ0n) is 14.1. The highest BCUT2D eigenvalue weighted by Crippen LogP contribution is 2.25. The molecule has 0 radical (unpaired) electrons. The first-order valence-electron chi connectivity index (χ1n) is 8.09. The van der Waals surface area contributed by atoms with E-state index in [1.54, 1.807) is 18.6 Å². The fourth-order valence-electron chi connectivity index (χ4n) is 2.75. The standard InChI is InChI=1S/C20H16ClN5/c1-13-8-16(14-2-5-17(21)6-3-14)9-20(25-13)26-11-18(24-12-26)15-4-7-19(22)23-10-15/h2-12H,1H3,(H2,22,23). The molecule has 0 aliphatic heterocycles. The van der Waals surface area contributed by atoms with Crippen molar-refractivity contribution in [3.63, 3.8) is 0 Å². The Morgan fingerprint density at radius 2 is 1.69 bits per heavy atom. The molecule has 5 nitrogen and oxygen atoms in total. The Morgan fingerprint density at radius 1 is 0.923 bits per heavy atom. The van der Waals surface area contributed by atoms with Crippen molar-refractivity contribution in [1.82, 2.24) is 19.5 Å². The second kappa shape index (κ2) is 6.61. The van der Waals surface area contributed by atoms with Gasteiger partial charge in [-0.1, -0.05) is 23.7 Å². The number of nitrogen functional groups attached to an aromatic ring is 1. The van der Waals surface area contributed by atoms with Crippen LogP contribution in [0.15, 0.2) is 67.3 Å². The Hall–Kier alpha value is -3.18. The smallest absolute Gasteiger partial charge is 0.138 e. The molecule has 2 N–H and O–H groups in total. The minimum atomic E-state index is 0.487. The number of imidazole rings is 1. The highest BCUT2D eigenvalue weighted by molar-refractivity contribution is 6.30. The highest BCUT2D eigenvalue weighted by Gasteiger charge is 2.08. The number of anilines is 1. The Kier molecular flexibility index (Phi) is 4.14. The third-order valence-corrected chi connectivity index (χ3v) is 4.30. The molecule has 4 aromatic rings. The molecule has 128 valence electrons. The van der Waals surface area contributed by atoms with Crippen molar-refractivity contribution in [2.24, 2.45) is 0 Å². The lowest BCUT2D eigenvalue weighted by atomic mass is 10.1. The summed E-state index contributed by atoms with van der Waals surface area (Å²) >= 11 is 5.99. The summed E-state index contributed by atoms with van der Waals surface area (Å²) in [7, 11) is 0. The van der Waals surface area contributed by atoms with Gasteiger partial charge in [0.1, 0.15) is 18.0 Å². The van der Waals surface area contributed by atoms with Gasteiger partial charge in [-0.25, -0.2) is 15.0 Å². The van der Waals surface area contributed by atoms with Crippen LogP contribution in [0.3, 0.4) is 0 Å². The van der Waals surface area contributed by atoms with Crippen LogP contribution in [0.1, 0.15) is 5.69 Å². The van der Waals surface area contributed by atoms with E-state index in [4.69, 9.17) is 17.3 Å². The van der Waals surface area contributed by atoms with Crippen LogP contribution in [0, 0.1) is 6.92 Å². The zero-order chi connectivity index (χ0) is 18.1. The quantitative estimate of drug-likeness (QED) is 0.581. The maximum absolute atomic E-state index is 5.99. The average Bonchev–Trinajstić information content (AvgIpc) is 3.12. The van der Waals surface area contributed by atoms with Crippen LogP contribution >= 0.6 is 11.6 Å². The fraction of sp³-hybridized carbons (Fsp3) is 0.0500. The molecule has 0 saturated carbocycles. The Bertz CT molecular complexity index is 1050. The van der Waals surface area contributed by atoms with Crippen LogP contribution in [0.4, 0.5) is 5.82 Å². The van der Waals surface area contributed by atoms with E-state index in [0.29, 0.717) is 5.82 Å². The van der Waals surface area contributed by atoms with Gasteiger partial charge in [0.25, 0.3) is 0 Å². The molecule has 3 heterocycles. The van der Waals surface area contributed by atoms with E-state index >= 15 is 0 Å². The molecular formula is C20H16ClN5. The van der Waals surface area contributed by atoms with Crippen molar-refractivity contribution in [3.05, 3.63) is 78.0 Å². The second-order valence-electron chi connectivity index (χ2n) is 6.00. The summed E-state index contributed by atoms with van der Waals surface area (Å²) in [5.74, 6) is 1.29. The first kappa shape index (κ1) is 16.3. The minimum absolute atomic E-state index is 0.487. The monoisotopic (exact) mass is 361 g/mol. The van der Waals surface area contributed by atoms with Crippen molar-refractivity contribution in [2.45, 2.75) is 6.92 Å². The lowest BCUT2D eigenvalue weighted by Crippen LogP contribution is -1.97. The number of hydrogen-bond acceptors (Lipinski definition) is 4. The zero-order valence-corrected chi connectivity index (χ0v) is 14.9. The molecular weight excluding hydrogens is 346 g/mol. The van der Waals surface area contributed by atoms with Gasteiger partial charge in [-0.3, -0.25) is 4.57 Å². The molecule has 0 saturated heterocycles. The number of hydrogen-bond donors (Lipinski definition) is 1. The molecule has 6 heteroatoms. The molecule has 0 spiro atoms. The summed E-state index contributed by atoms with van der Waals surface area (Å²) in [6, 6.07) is 15.5. The minimum Gasteiger partial charge on any atom is -0.384 e. The third kappa shape index (κ3) is 3.30. The van der Waals surface area contributed by atoms with Crippen LogP contribution in [0.25, 0.3) is 28.2 Å². The third-order valence-electron chi connectivity index (χ3n) is 4.05. The van der Waals surface area contributed by atoms with Crippen LogP contribution in [0.2, 0.25) is 5.02 Å². The van der Waals surface area contributed by atoms with Crippen molar-refractivity contribution < 1.29 is 0 Å². The molecule has 0 aliphatic carbocycles. The van der Waals surface area contributed by atoms with E-state index in [1.165, 1.54) is 0 Å². The molecule has 3 aromatic heterocycles. The first-order chi connectivity index (χ1) is 12.6. The summed E-state index contributed by atoms with van der Waals surface area (Å²) in [5, 5.41) is 0.719. The summed E-state index contributed by atoms with van der Waals surface area (Å²) in [6.07, 6.45) is 5.39. The topological polar surface area (TPSA) is 69.6 Å². The van der Waals surface area contributed by atoms with Crippen LogP contribution in [-0.4, -0.2) is 19.5 Å². The number of aromatic nitrogens is 4. The van der Waals surface area contributed by atoms with Crippen molar-refractivity contribution in [2.75, 3.05) is 5.73 Å². The maximum Gasteiger partial charge on any atom is 0.138 e. The van der Waals surface area contributed by atoms with E-state index in [9.17, 15) is 0 Å². The van der Waals surface area contributed by atoms with E-state index < -0.39 is 0 Å². The van der Waals surface area contributed by atoms with Gasteiger partial charge in [-0.05, 0) is 54.4 Å². The normalized spacial score (nSPS) is 10.8. The predicted molar refractivity (Wildman–Crippen MR) is 104 cm³/mol. The summed E-state index contributed by atoms with van der Waals surface area (Å²) in [5.41, 5.74) is 10.5. The number of rotatable bonds is 3. The van der Waals surface area contributed by atoms with E-state index in [1.807, 2.05) is 54.1 Å². The molecule has 0 atom stereocenters. The van der Waals surface area contributed by atoms with Gasteiger partial charge in [0, 0.05) is 28.7 Å². The Labute approximate surface area is 156 Å². The summed E-state index contributed by atoms with van der Waals surface area (Å²) in [4.78, 5) is 13.2. The molecule has 1 aromatic carbocycles. The Balaban J connectivity index is 1.72. The molecule has 26 heavy (non-hydrogen) atoms. The van der Waals surface area contributed by atoms with Crippen LogP contribution in [0.5, 0.6) is 0 Å². The SMILES string of the molecule is Cc1cc(-c2ccc(Cl)cc2)cc(-n2cnc(-c3ccc(N)nc3)c2)n1. The average molecular weight is 362 g/mol. The van der Waals surface area contributed by atoms with E-state index in [0.717, 1.165) is 38.9 Å². The molecule has 0 amide bonds. The van der Waals surface area contributed by atoms with Gasteiger partial charge in [0.2, 0.25) is 0 Å². The van der Waals surface area contributed by atoms with Crippen molar-refractivity contribution >= 4 is 17.4 Å². The number of halogens is 1. The lowest BCUT2D eigenvalue weighted by molar-refractivity contribution is 0.976. The first-order valence-corrected chi connectivity index (χ1v) is 8.47. The molecule has 4 rings (SSSR count). The molecule has 0 fully saturated rings. The van der Waals surface area contributed by atoms with Gasteiger partial charge in [-0.2, -0.15) is 0 Å². The highest BCUT2D eigenvalue weighted by atomic mass is 35.5.